The van der Waals surface area contributed by atoms with Crippen LogP contribution in [0.25, 0.3) is 10.6 Å². The Labute approximate surface area is 166 Å². The lowest BCUT2D eigenvalue weighted by Gasteiger charge is -2.18. The second kappa shape index (κ2) is 7.43. The molecular formula is C20H21FN4O2S. The standard InChI is InChI=1S/C20H21FN4O2S/c1-10(2)15(19-24-17(25-27-19)12-4-5-12)23-18(26)16-11(3)22-20(28-16)13-6-8-14(21)9-7-13/h6-10,12,15H,4-5H2,1-3H3,(H,23,26). The first-order chi connectivity index (χ1) is 13.4. The highest BCUT2D eigenvalue weighted by Gasteiger charge is 2.32. The molecule has 0 aliphatic heterocycles. The molecule has 6 nitrogen and oxygen atoms in total. The van der Waals surface area contributed by atoms with Crippen molar-refractivity contribution in [2.75, 3.05) is 0 Å². The minimum absolute atomic E-state index is 0.0845. The topological polar surface area (TPSA) is 80.9 Å². The Hall–Kier alpha value is -2.61. The third kappa shape index (κ3) is 3.82. The summed E-state index contributed by atoms with van der Waals surface area (Å²) in [5, 5.41) is 7.74. The van der Waals surface area contributed by atoms with Gasteiger partial charge in [-0.25, -0.2) is 9.37 Å². The van der Waals surface area contributed by atoms with Gasteiger partial charge in [0.05, 0.1) is 5.69 Å². The van der Waals surface area contributed by atoms with Crippen LogP contribution in [0.5, 0.6) is 0 Å². The summed E-state index contributed by atoms with van der Waals surface area (Å²) in [6.45, 7) is 5.78. The monoisotopic (exact) mass is 400 g/mol. The molecule has 4 rings (SSSR count). The van der Waals surface area contributed by atoms with Crippen LogP contribution in [0.15, 0.2) is 28.8 Å². The Kier molecular flexibility index (Phi) is 4.97. The molecule has 1 N–H and O–H groups in total. The molecule has 0 radical (unpaired) electrons. The lowest BCUT2D eigenvalue weighted by molar-refractivity contribution is 0.0917. The van der Waals surface area contributed by atoms with Crippen LogP contribution in [0.2, 0.25) is 0 Å². The first-order valence-electron chi connectivity index (χ1n) is 9.30. The Morgan fingerprint density at radius 3 is 2.61 bits per heavy atom. The maximum Gasteiger partial charge on any atom is 0.263 e. The van der Waals surface area contributed by atoms with Crippen LogP contribution in [0.3, 0.4) is 0 Å². The van der Waals surface area contributed by atoms with Gasteiger partial charge in [-0.3, -0.25) is 4.79 Å². The number of thiazole rings is 1. The van der Waals surface area contributed by atoms with Crippen LogP contribution in [0, 0.1) is 18.7 Å². The van der Waals surface area contributed by atoms with Gasteiger partial charge >= 0.3 is 0 Å². The molecule has 146 valence electrons. The molecule has 1 unspecified atom stereocenters. The number of hydrogen-bond donors (Lipinski definition) is 1. The van der Waals surface area contributed by atoms with Crippen molar-refractivity contribution in [3.05, 3.63) is 52.4 Å². The molecular weight excluding hydrogens is 379 g/mol. The number of carbonyl (C=O) groups is 1. The fourth-order valence-electron chi connectivity index (χ4n) is 2.92. The minimum atomic E-state index is -0.372. The Balaban J connectivity index is 1.55. The predicted octanol–water partition coefficient (Wildman–Crippen LogP) is 4.65. The molecule has 0 saturated heterocycles. The summed E-state index contributed by atoms with van der Waals surface area (Å²) in [5.74, 6) is 1.10. The van der Waals surface area contributed by atoms with Gasteiger partial charge in [0.15, 0.2) is 5.82 Å². The van der Waals surface area contributed by atoms with Gasteiger partial charge < -0.3 is 9.84 Å². The van der Waals surface area contributed by atoms with E-state index in [-0.39, 0.29) is 23.7 Å². The summed E-state index contributed by atoms with van der Waals surface area (Å²) >= 11 is 1.28. The molecule has 1 aliphatic rings. The summed E-state index contributed by atoms with van der Waals surface area (Å²) in [5.41, 5.74) is 1.41. The molecule has 2 heterocycles. The molecule has 8 heteroatoms. The van der Waals surface area contributed by atoms with Gasteiger partial charge in [-0.05, 0) is 49.9 Å². The quantitative estimate of drug-likeness (QED) is 0.652. The number of nitrogens with zero attached hydrogens (tertiary/aromatic N) is 3. The summed E-state index contributed by atoms with van der Waals surface area (Å²) < 4.78 is 18.6. The largest absolute Gasteiger partial charge is 0.339 e. The van der Waals surface area contributed by atoms with E-state index in [0.717, 1.165) is 24.2 Å². The van der Waals surface area contributed by atoms with E-state index in [1.165, 1.54) is 23.5 Å². The van der Waals surface area contributed by atoms with Gasteiger partial charge in [-0.15, -0.1) is 11.3 Å². The number of hydrogen-bond acceptors (Lipinski definition) is 6. The summed E-state index contributed by atoms with van der Waals surface area (Å²) in [4.78, 5) is 22.4. The molecule has 1 amide bonds. The number of aryl methyl sites for hydroxylation is 1. The van der Waals surface area contributed by atoms with Crippen LogP contribution in [-0.2, 0) is 0 Å². The molecule has 0 bridgehead atoms. The SMILES string of the molecule is Cc1nc(-c2ccc(F)cc2)sc1C(=O)NC(c1nc(C2CC2)no1)C(C)C. The Bertz CT molecular complexity index is 992. The Morgan fingerprint density at radius 2 is 1.96 bits per heavy atom. The van der Waals surface area contributed by atoms with Crippen LogP contribution in [0.1, 0.15) is 65.7 Å². The van der Waals surface area contributed by atoms with Crippen molar-refractivity contribution in [1.29, 1.82) is 0 Å². The molecule has 1 fully saturated rings. The van der Waals surface area contributed by atoms with E-state index in [4.69, 9.17) is 4.52 Å². The molecule has 3 aromatic rings. The van der Waals surface area contributed by atoms with Gasteiger partial charge in [0.25, 0.3) is 5.91 Å². The van der Waals surface area contributed by atoms with Crippen LogP contribution >= 0.6 is 11.3 Å². The number of amides is 1. The van der Waals surface area contributed by atoms with Crippen LogP contribution < -0.4 is 5.32 Å². The third-order valence-electron chi connectivity index (χ3n) is 4.71. The second-order valence-corrected chi connectivity index (χ2v) is 8.40. The molecule has 1 saturated carbocycles. The number of aromatic nitrogens is 3. The lowest BCUT2D eigenvalue weighted by atomic mass is 10.0. The van der Waals surface area contributed by atoms with Crippen molar-refractivity contribution in [3.63, 3.8) is 0 Å². The lowest BCUT2D eigenvalue weighted by Crippen LogP contribution is -2.32. The van der Waals surface area contributed by atoms with E-state index in [0.29, 0.717) is 27.4 Å². The Morgan fingerprint density at radius 1 is 1.25 bits per heavy atom. The highest BCUT2D eigenvalue weighted by molar-refractivity contribution is 7.17. The predicted molar refractivity (Wildman–Crippen MR) is 104 cm³/mol. The van der Waals surface area contributed by atoms with E-state index >= 15 is 0 Å². The second-order valence-electron chi connectivity index (χ2n) is 7.40. The van der Waals surface area contributed by atoms with Crippen LogP contribution in [-0.4, -0.2) is 21.0 Å². The number of nitrogens with one attached hydrogen (secondary N) is 1. The zero-order valence-electron chi connectivity index (χ0n) is 15.9. The smallest absolute Gasteiger partial charge is 0.263 e. The number of halogens is 1. The normalized spacial score (nSPS) is 15.0. The van der Waals surface area contributed by atoms with Crippen molar-refractivity contribution < 1.29 is 13.7 Å². The van der Waals surface area contributed by atoms with Crippen LogP contribution in [0.4, 0.5) is 4.39 Å². The van der Waals surface area contributed by atoms with E-state index in [1.807, 2.05) is 13.8 Å². The van der Waals surface area contributed by atoms with Gasteiger partial charge in [0.1, 0.15) is 21.7 Å². The first kappa shape index (κ1) is 18.7. The molecule has 1 aromatic carbocycles. The summed E-state index contributed by atoms with van der Waals surface area (Å²) in [6.07, 6.45) is 2.17. The van der Waals surface area contributed by atoms with Gasteiger partial charge in [-0.2, -0.15) is 4.98 Å². The van der Waals surface area contributed by atoms with Crippen molar-refractivity contribution in [3.8, 4) is 10.6 Å². The van der Waals surface area contributed by atoms with Gasteiger partial charge in [0, 0.05) is 11.5 Å². The minimum Gasteiger partial charge on any atom is -0.339 e. The van der Waals surface area contributed by atoms with E-state index in [9.17, 15) is 9.18 Å². The van der Waals surface area contributed by atoms with Crippen molar-refractivity contribution in [1.82, 2.24) is 20.4 Å². The van der Waals surface area contributed by atoms with Crippen molar-refractivity contribution in [2.24, 2.45) is 5.92 Å². The average Bonchev–Trinajstić information content (AvgIpc) is 3.27. The van der Waals surface area contributed by atoms with Crippen molar-refractivity contribution >= 4 is 17.2 Å². The van der Waals surface area contributed by atoms with Crippen molar-refractivity contribution in [2.45, 2.75) is 45.6 Å². The fraction of sp³-hybridized carbons (Fsp3) is 0.400. The molecule has 1 atom stereocenters. The van der Waals surface area contributed by atoms with E-state index in [2.05, 4.69) is 20.4 Å². The van der Waals surface area contributed by atoms with Gasteiger partial charge in [-0.1, -0.05) is 19.0 Å². The third-order valence-corrected chi connectivity index (χ3v) is 5.92. The molecule has 28 heavy (non-hydrogen) atoms. The zero-order chi connectivity index (χ0) is 19.8. The first-order valence-corrected chi connectivity index (χ1v) is 10.1. The highest BCUT2D eigenvalue weighted by atomic mass is 32.1. The highest BCUT2D eigenvalue weighted by Crippen LogP contribution is 2.39. The molecule has 0 spiro atoms. The van der Waals surface area contributed by atoms with E-state index in [1.54, 1.807) is 19.1 Å². The maximum atomic E-state index is 13.1. The molecule has 1 aliphatic carbocycles. The summed E-state index contributed by atoms with van der Waals surface area (Å²) in [6, 6.07) is 5.71. The number of rotatable bonds is 6. The zero-order valence-corrected chi connectivity index (χ0v) is 16.7. The average molecular weight is 400 g/mol. The molecule has 2 aromatic heterocycles. The fourth-order valence-corrected chi connectivity index (χ4v) is 3.90. The summed E-state index contributed by atoms with van der Waals surface area (Å²) in [7, 11) is 0. The van der Waals surface area contributed by atoms with Gasteiger partial charge in [0.2, 0.25) is 5.89 Å². The maximum absolute atomic E-state index is 13.1. The number of benzene rings is 1. The van der Waals surface area contributed by atoms with E-state index < -0.39 is 0 Å². The number of carbonyl (C=O) groups excluding carboxylic acids is 1.